The zero-order chi connectivity index (χ0) is 16.9. The van der Waals surface area contributed by atoms with Gasteiger partial charge in [-0.15, -0.1) is 0 Å². The van der Waals surface area contributed by atoms with Crippen LogP contribution < -0.4 is 10.2 Å². The summed E-state index contributed by atoms with van der Waals surface area (Å²) >= 11 is 0. The van der Waals surface area contributed by atoms with Crippen molar-refractivity contribution in [3.63, 3.8) is 0 Å². The highest BCUT2D eigenvalue weighted by Gasteiger charge is 2.25. The molecule has 1 aliphatic rings. The number of amides is 1. The van der Waals surface area contributed by atoms with Crippen molar-refractivity contribution < 1.29 is 19.1 Å². The van der Waals surface area contributed by atoms with Crippen LogP contribution in [0.4, 0.5) is 5.82 Å². The van der Waals surface area contributed by atoms with E-state index >= 15 is 0 Å². The number of aromatic carboxylic acids is 1. The second-order valence-corrected chi connectivity index (χ2v) is 5.82. The fraction of sp³-hybridized carbons (Fsp3) is 0.353. The van der Waals surface area contributed by atoms with E-state index in [2.05, 4.69) is 10.3 Å². The van der Waals surface area contributed by atoms with Crippen LogP contribution in [0.15, 0.2) is 41.1 Å². The minimum atomic E-state index is -0.980. The van der Waals surface area contributed by atoms with Gasteiger partial charge >= 0.3 is 5.97 Å². The molecule has 2 N–H and O–H groups in total. The summed E-state index contributed by atoms with van der Waals surface area (Å²) in [4.78, 5) is 29.5. The lowest BCUT2D eigenvalue weighted by atomic mass is 9.97. The standard InChI is InChI=1S/C17H19N3O4/c21-16(14-6-3-9-24-14)19-10-12-4-2-8-20(11-12)15-13(17(22)23)5-1-7-18-15/h1,3,5-7,9,12H,2,4,8,10-11H2,(H,19,21)(H,22,23). The minimum Gasteiger partial charge on any atom is -0.478 e. The lowest BCUT2D eigenvalue weighted by Crippen LogP contribution is -2.41. The predicted octanol–water partition coefficient (Wildman–Crippen LogP) is 2.02. The number of hydrogen-bond donors (Lipinski definition) is 2. The molecule has 7 heteroatoms. The number of carboxylic acids is 1. The number of anilines is 1. The highest BCUT2D eigenvalue weighted by Crippen LogP contribution is 2.24. The molecule has 1 atom stereocenters. The number of piperidine rings is 1. The molecule has 2 aromatic rings. The van der Waals surface area contributed by atoms with Crippen molar-refractivity contribution >= 4 is 17.7 Å². The monoisotopic (exact) mass is 329 g/mol. The second kappa shape index (κ2) is 7.16. The molecule has 1 aliphatic heterocycles. The van der Waals surface area contributed by atoms with E-state index in [-0.39, 0.29) is 17.4 Å². The Labute approximate surface area is 139 Å². The Morgan fingerprint density at radius 2 is 2.25 bits per heavy atom. The number of carbonyl (C=O) groups is 2. The van der Waals surface area contributed by atoms with Crippen molar-refractivity contribution in [2.45, 2.75) is 12.8 Å². The maximum absolute atomic E-state index is 11.9. The summed E-state index contributed by atoms with van der Waals surface area (Å²) in [7, 11) is 0. The summed E-state index contributed by atoms with van der Waals surface area (Å²) in [5.41, 5.74) is 0.206. The largest absolute Gasteiger partial charge is 0.478 e. The van der Waals surface area contributed by atoms with Gasteiger partial charge in [0, 0.05) is 25.8 Å². The number of aromatic nitrogens is 1. The summed E-state index contributed by atoms with van der Waals surface area (Å²) in [6.07, 6.45) is 4.97. The summed E-state index contributed by atoms with van der Waals surface area (Å²) < 4.78 is 5.07. The van der Waals surface area contributed by atoms with Crippen molar-refractivity contribution in [2.75, 3.05) is 24.5 Å². The normalized spacial score (nSPS) is 17.5. The molecule has 24 heavy (non-hydrogen) atoms. The Hall–Kier alpha value is -2.83. The van der Waals surface area contributed by atoms with E-state index in [1.54, 1.807) is 30.5 Å². The van der Waals surface area contributed by atoms with E-state index in [1.165, 1.54) is 6.26 Å². The fourth-order valence-corrected chi connectivity index (χ4v) is 2.97. The van der Waals surface area contributed by atoms with Gasteiger partial charge in [0.05, 0.1) is 6.26 Å². The average Bonchev–Trinajstić information content (AvgIpc) is 3.14. The van der Waals surface area contributed by atoms with Crippen LogP contribution in [-0.4, -0.2) is 41.6 Å². The number of carboxylic acid groups (broad SMARTS) is 1. The first kappa shape index (κ1) is 16.0. The average molecular weight is 329 g/mol. The third-order valence-corrected chi connectivity index (χ3v) is 4.13. The van der Waals surface area contributed by atoms with Gasteiger partial charge in [-0.3, -0.25) is 4.79 Å². The van der Waals surface area contributed by atoms with E-state index in [1.807, 2.05) is 4.90 Å². The van der Waals surface area contributed by atoms with E-state index in [0.717, 1.165) is 19.4 Å². The van der Waals surface area contributed by atoms with Crippen LogP contribution in [0.3, 0.4) is 0 Å². The Bertz CT molecular complexity index is 714. The molecule has 0 saturated carbocycles. The predicted molar refractivity (Wildman–Crippen MR) is 87.2 cm³/mol. The van der Waals surface area contributed by atoms with Crippen LogP contribution in [0.25, 0.3) is 0 Å². The van der Waals surface area contributed by atoms with Crippen LogP contribution in [0.1, 0.15) is 33.8 Å². The SMILES string of the molecule is O=C(NCC1CCCN(c2ncccc2C(=O)O)C1)c1ccco1. The highest BCUT2D eigenvalue weighted by atomic mass is 16.4. The topological polar surface area (TPSA) is 95.7 Å². The van der Waals surface area contributed by atoms with Gasteiger partial charge in [-0.25, -0.2) is 9.78 Å². The summed E-state index contributed by atoms with van der Waals surface area (Å²) in [5.74, 6) is -0.193. The van der Waals surface area contributed by atoms with E-state index in [4.69, 9.17) is 4.42 Å². The summed E-state index contributed by atoms with van der Waals surface area (Å²) in [6.45, 7) is 1.95. The fourth-order valence-electron chi connectivity index (χ4n) is 2.97. The molecule has 7 nitrogen and oxygen atoms in total. The van der Waals surface area contributed by atoms with Gasteiger partial charge in [0.1, 0.15) is 11.4 Å². The molecule has 0 spiro atoms. The zero-order valence-corrected chi connectivity index (χ0v) is 13.1. The van der Waals surface area contributed by atoms with Crippen LogP contribution in [0, 0.1) is 5.92 Å². The van der Waals surface area contributed by atoms with E-state index in [9.17, 15) is 14.7 Å². The number of pyridine rings is 1. The maximum Gasteiger partial charge on any atom is 0.339 e. The molecule has 3 rings (SSSR count). The number of hydrogen-bond acceptors (Lipinski definition) is 5. The molecule has 1 fully saturated rings. The molecule has 0 aliphatic carbocycles. The Morgan fingerprint density at radius 1 is 1.38 bits per heavy atom. The van der Waals surface area contributed by atoms with Gasteiger partial charge in [-0.05, 0) is 43.0 Å². The molecule has 2 aromatic heterocycles. The van der Waals surface area contributed by atoms with Gasteiger partial charge in [-0.2, -0.15) is 0 Å². The van der Waals surface area contributed by atoms with E-state index < -0.39 is 5.97 Å². The van der Waals surface area contributed by atoms with Crippen molar-refractivity contribution in [1.82, 2.24) is 10.3 Å². The Balaban J connectivity index is 1.62. The Kier molecular flexibility index (Phi) is 4.79. The van der Waals surface area contributed by atoms with Crippen molar-refractivity contribution in [3.05, 3.63) is 48.0 Å². The first-order chi connectivity index (χ1) is 11.6. The van der Waals surface area contributed by atoms with Gasteiger partial charge in [-0.1, -0.05) is 0 Å². The van der Waals surface area contributed by atoms with Gasteiger partial charge < -0.3 is 19.7 Å². The van der Waals surface area contributed by atoms with Crippen molar-refractivity contribution in [1.29, 1.82) is 0 Å². The van der Waals surface area contributed by atoms with Crippen LogP contribution in [0.2, 0.25) is 0 Å². The van der Waals surface area contributed by atoms with Gasteiger partial charge in [0.25, 0.3) is 5.91 Å². The smallest absolute Gasteiger partial charge is 0.339 e. The summed E-state index contributed by atoms with van der Waals surface area (Å²) in [5, 5.41) is 12.2. The molecular formula is C17H19N3O4. The molecule has 0 aromatic carbocycles. The molecule has 1 amide bonds. The number of furan rings is 1. The van der Waals surface area contributed by atoms with Gasteiger partial charge in [0.2, 0.25) is 0 Å². The second-order valence-electron chi connectivity index (χ2n) is 5.82. The van der Waals surface area contributed by atoms with E-state index in [0.29, 0.717) is 24.7 Å². The van der Waals surface area contributed by atoms with Crippen molar-refractivity contribution in [2.24, 2.45) is 5.92 Å². The number of carbonyl (C=O) groups excluding carboxylic acids is 1. The quantitative estimate of drug-likeness (QED) is 0.871. The molecule has 126 valence electrons. The molecule has 1 saturated heterocycles. The first-order valence-electron chi connectivity index (χ1n) is 7.90. The summed E-state index contributed by atoms with van der Waals surface area (Å²) in [6, 6.07) is 6.48. The van der Waals surface area contributed by atoms with Crippen LogP contribution in [0.5, 0.6) is 0 Å². The van der Waals surface area contributed by atoms with Crippen LogP contribution >= 0.6 is 0 Å². The molecule has 3 heterocycles. The lowest BCUT2D eigenvalue weighted by molar-refractivity contribution is 0.0696. The first-order valence-corrected chi connectivity index (χ1v) is 7.90. The lowest BCUT2D eigenvalue weighted by Gasteiger charge is -2.34. The third-order valence-electron chi connectivity index (χ3n) is 4.13. The minimum absolute atomic E-state index is 0.206. The number of rotatable bonds is 5. The Morgan fingerprint density at radius 3 is 3.00 bits per heavy atom. The number of nitrogens with zero attached hydrogens (tertiary/aromatic N) is 2. The van der Waals surface area contributed by atoms with Crippen molar-refractivity contribution in [3.8, 4) is 0 Å². The third kappa shape index (κ3) is 3.56. The highest BCUT2D eigenvalue weighted by molar-refractivity contribution is 5.93. The molecule has 0 bridgehead atoms. The molecular weight excluding hydrogens is 310 g/mol. The molecule has 1 unspecified atom stereocenters. The van der Waals surface area contributed by atoms with Gasteiger partial charge in [0.15, 0.2) is 5.76 Å². The molecule has 0 radical (unpaired) electrons. The maximum atomic E-state index is 11.9. The zero-order valence-electron chi connectivity index (χ0n) is 13.1. The van der Waals surface area contributed by atoms with Crippen LogP contribution in [-0.2, 0) is 0 Å². The number of nitrogens with one attached hydrogen (secondary N) is 1.